The van der Waals surface area contributed by atoms with Gasteiger partial charge in [0.15, 0.2) is 0 Å². The molecule has 1 aromatic rings. The van der Waals surface area contributed by atoms with Crippen LogP contribution in [0.2, 0.25) is 0 Å². The third kappa shape index (κ3) is 3.82. The lowest BCUT2D eigenvalue weighted by Gasteiger charge is -2.11. The van der Waals surface area contributed by atoms with Gasteiger partial charge in [-0.05, 0) is 18.9 Å². The summed E-state index contributed by atoms with van der Waals surface area (Å²) in [6, 6.07) is 6.38. The number of halogens is 1. The molecule has 1 aromatic carbocycles. The Morgan fingerprint density at radius 2 is 2.00 bits per heavy atom. The molecule has 1 amide bonds. The van der Waals surface area contributed by atoms with Gasteiger partial charge in [-0.1, -0.05) is 12.1 Å². The summed E-state index contributed by atoms with van der Waals surface area (Å²) in [6.45, 7) is 0.788. The number of hydrogen-bond donors (Lipinski definition) is 3. The van der Waals surface area contributed by atoms with Crippen LogP contribution in [0.3, 0.4) is 0 Å². The maximum absolute atomic E-state index is 11.5. The molecule has 0 unspecified atom stereocenters. The highest BCUT2D eigenvalue weighted by atomic mass is 35.5. The molecule has 20 heavy (non-hydrogen) atoms. The maximum Gasteiger partial charge on any atom is 0.292 e. The van der Waals surface area contributed by atoms with Crippen LogP contribution in [-0.4, -0.2) is 29.5 Å². The highest BCUT2D eigenvalue weighted by Crippen LogP contribution is 2.31. The van der Waals surface area contributed by atoms with E-state index >= 15 is 0 Å². The quantitative estimate of drug-likeness (QED) is 0.413. The van der Waals surface area contributed by atoms with Crippen molar-refractivity contribution in [2.24, 2.45) is 5.73 Å². The summed E-state index contributed by atoms with van der Waals surface area (Å²) in [7, 11) is 0. The van der Waals surface area contributed by atoms with Gasteiger partial charge in [0.25, 0.3) is 5.69 Å². The maximum atomic E-state index is 11.5. The second-order valence-electron chi connectivity index (χ2n) is 4.61. The fourth-order valence-electron chi connectivity index (χ4n) is 1.69. The van der Waals surface area contributed by atoms with Crippen LogP contribution in [0.15, 0.2) is 24.3 Å². The van der Waals surface area contributed by atoms with Crippen LogP contribution in [0.5, 0.6) is 0 Å². The topological polar surface area (TPSA) is 110 Å². The lowest BCUT2D eigenvalue weighted by atomic mass is 10.2. The Balaban J connectivity index is 0.00000200. The molecule has 0 saturated heterocycles. The molecular weight excluding hydrogens is 284 g/mol. The number of nitrogens with two attached hydrogens (primary N) is 1. The molecule has 0 radical (unpaired) electrons. The van der Waals surface area contributed by atoms with Gasteiger partial charge < -0.3 is 16.4 Å². The molecule has 0 heterocycles. The van der Waals surface area contributed by atoms with Gasteiger partial charge in [0, 0.05) is 19.2 Å². The number of anilines is 1. The first kappa shape index (κ1) is 16.2. The lowest BCUT2D eigenvalue weighted by Crippen LogP contribution is -2.44. The molecule has 110 valence electrons. The summed E-state index contributed by atoms with van der Waals surface area (Å²) in [5, 5.41) is 16.4. The Kier molecular flexibility index (Phi) is 5.29. The van der Waals surface area contributed by atoms with Gasteiger partial charge in [-0.15, -0.1) is 12.4 Å². The van der Waals surface area contributed by atoms with Crippen LogP contribution in [0.1, 0.15) is 12.8 Å². The van der Waals surface area contributed by atoms with Crippen LogP contribution in [0.4, 0.5) is 11.4 Å². The van der Waals surface area contributed by atoms with Crippen LogP contribution in [-0.2, 0) is 4.79 Å². The van der Waals surface area contributed by atoms with E-state index in [1.54, 1.807) is 18.2 Å². The second-order valence-corrected chi connectivity index (χ2v) is 4.61. The van der Waals surface area contributed by atoms with Gasteiger partial charge in [0.05, 0.1) is 10.5 Å². The number of nitro groups is 1. The summed E-state index contributed by atoms with van der Waals surface area (Å²) in [4.78, 5) is 21.9. The molecular formula is C12H17ClN4O3. The van der Waals surface area contributed by atoms with Crippen LogP contribution < -0.4 is 16.4 Å². The molecule has 0 atom stereocenters. The van der Waals surface area contributed by atoms with Gasteiger partial charge in [0.1, 0.15) is 5.69 Å². The number of carbonyl (C=O) groups is 1. The summed E-state index contributed by atoms with van der Waals surface area (Å²) in [5.74, 6) is -0.156. The van der Waals surface area contributed by atoms with Gasteiger partial charge in [0.2, 0.25) is 5.91 Å². The molecule has 0 aliphatic heterocycles. The van der Waals surface area contributed by atoms with Crippen molar-refractivity contribution in [1.29, 1.82) is 0 Å². The van der Waals surface area contributed by atoms with Crippen molar-refractivity contribution in [3.8, 4) is 0 Å². The van der Waals surface area contributed by atoms with Gasteiger partial charge in [-0.3, -0.25) is 14.9 Å². The molecule has 0 aromatic heterocycles. The monoisotopic (exact) mass is 300 g/mol. The Morgan fingerprint density at radius 3 is 2.60 bits per heavy atom. The predicted octanol–water partition coefficient (Wildman–Crippen LogP) is 1.04. The van der Waals surface area contributed by atoms with E-state index in [1.165, 1.54) is 6.07 Å². The van der Waals surface area contributed by atoms with Gasteiger partial charge in [-0.25, -0.2) is 0 Å². The SMILES string of the molecule is Cl.NC1(C(=O)NCCNc2ccccc2[N+](=O)[O-])CC1. The largest absolute Gasteiger partial charge is 0.378 e. The number of carbonyl (C=O) groups excluding carboxylic acids is 1. The van der Waals surface area contributed by atoms with E-state index in [0.717, 1.165) is 12.8 Å². The summed E-state index contributed by atoms with van der Waals surface area (Å²) < 4.78 is 0. The number of rotatable bonds is 6. The van der Waals surface area contributed by atoms with E-state index in [0.29, 0.717) is 18.8 Å². The van der Waals surface area contributed by atoms with Crippen LogP contribution >= 0.6 is 12.4 Å². The zero-order valence-electron chi connectivity index (χ0n) is 10.8. The fourth-order valence-corrected chi connectivity index (χ4v) is 1.69. The summed E-state index contributed by atoms with van der Waals surface area (Å²) in [5.41, 5.74) is 5.50. The molecule has 4 N–H and O–H groups in total. The molecule has 0 bridgehead atoms. The third-order valence-electron chi connectivity index (χ3n) is 3.07. The number of benzene rings is 1. The highest BCUT2D eigenvalue weighted by Gasteiger charge is 2.45. The van der Waals surface area contributed by atoms with E-state index in [4.69, 9.17) is 5.73 Å². The zero-order chi connectivity index (χ0) is 13.9. The Labute approximate surface area is 122 Å². The van der Waals surface area contributed by atoms with Crippen molar-refractivity contribution >= 4 is 29.7 Å². The van der Waals surface area contributed by atoms with Crippen LogP contribution in [0.25, 0.3) is 0 Å². The Morgan fingerprint density at radius 1 is 1.35 bits per heavy atom. The number of hydrogen-bond acceptors (Lipinski definition) is 5. The highest BCUT2D eigenvalue weighted by molar-refractivity contribution is 5.88. The van der Waals surface area contributed by atoms with E-state index in [-0.39, 0.29) is 24.0 Å². The van der Waals surface area contributed by atoms with Crippen molar-refractivity contribution < 1.29 is 9.72 Å². The third-order valence-corrected chi connectivity index (χ3v) is 3.07. The zero-order valence-corrected chi connectivity index (χ0v) is 11.6. The van der Waals surface area contributed by atoms with Gasteiger partial charge in [-0.2, -0.15) is 0 Å². The number of para-hydroxylation sites is 2. The summed E-state index contributed by atoms with van der Waals surface area (Å²) >= 11 is 0. The van der Waals surface area contributed by atoms with Gasteiger partial charge >= 0.3 is 0 Å². The fraction of sp³-hybridized carbons (Fsp3) is 0.417. The van der Waals surface area contributed by atoms with Crippen molar-refractivity contribution in [2.45, 2.75) is 18.4 Å². The van der Waals surface area contributed by atoms with Crippen molar-refractivity contribution in [2.75, 3.05) is 18.4 Å². The minimum atomic E-state index is -0.682. The van der Waals surface area contributed by atoms with Crippen LogP contribution in [0, 0.1) is 10.1 Å². The van der Waals surface area contributed by atoms with E-state index in [2.05, 4.69) is 10.6 Å². The first-order valence-electron chi connectivity index (χ1n) is 6.07. The Bertz CT molecular complexity index is 505. The average molecular weight is 301 g/mol. The number of amides is 1. The van der Waals surface area contributed by atoms with E-state index in [1.807, 2.05) is 0 Å². The Hall–Kier alpha value is -1.86. The molecule has 1 saturated carbocycles. The molecule has 1 fully saturated rings. The smallest absolute Gasteiger partial charge is 0.292 e. The predicted molar refractivity (Wildman–Crippen MR) is 78.0 cm³/mol. The summed E-state index contributed by atoms with van der Waals surface area (Å²) in [6.07, 6.45) is 1.44. The minimum Gasteiger partial charge on any atom is -0.378 e. The minimum absolute atomic E-state index is 0. The first-order valence-corrected chi connectivity index (χ1v) is 6.07. The number of nitrogens with zero attached hydrogens (tertiary/aromatic N) is 1. The molecule has 1 aliphatic carbocycles. The molecule has 0 spiro atoms. The molecule has 8 heteroatoms. The van der Waals surface area contributed by atoms with Crippen molar-refractivity contribution in [1.82, 2.24) is 5.32 Å². The normalized spacial score (nSPS) is 14.8. The van der Waals surface area contributed by atoms with Crippen molar-refractivity contribution in [3.63, 3.8) is 0 Å². The number of nitrogens with one attached hydrogen (secondary N) is 2. The average Bonchev–Trinajstić information content (AvgIpc) is 3.14. The molecule has 7 nitrogen and oxygen atoms in total. The number of nitro benzene ring substituents is 1. The molecule has 2 rings (SSSR count). The van der Waals surface area contributed by atoms with E-state index in [9.17, 15) is 14.9 Å². The lowest BCUT2D eigenvalue weighted by molar-refractivity contribution is -0.384. The molecule has 1 aliphatic rings. The second kappa shape index (κ2) is 6.53. The first-order chi connectivity index (χ1) is 9.03. The van der Waals surface area contributed by atoms with E-state index < -0.39 is 10.5 Å². The standard InChI is InChI=1S/C12H16N4O3.ClH/c13-12(5-6-12)11(17)15-8-7-14-9-3-1-2-4-10(9)16(18)19;/h1-4,14H,5-8,13H2,(H,15,17);1H. The van der Waals surface area contributed by atoms with Crippen molar-refractivity contribution in [3.05, 3.63) is 34.4 Å².